The quantitative estimate of drug-likeness (QED) is 0.844. The predicted molar refractivity (Wildman–Crippen MR) is 107 cm³/mol. The van der Waals surface area contributed by atoms with E-state index in [0.717, 1.165) is 24.3 Å². The molecule has 144 valence electrons. The number of aromatic nitrogens is 2. The van der Waals surface area contributed by atoms with Gasteiger partial charge in [-0.2, -0.15) is 0 Å². The van der Waals surface area contributed by atoms with Crippen molar-refractivity contribution in [2.75, 3.05) is 49.6 Å². The van der Waals surface area contributed by atoms with Gasteiger partial charge in [-0.25, -0.2) is 9.97 Å². The van der Waals surface area contributed by atoms with Crippen LogP contribution in [0.4, 0.5) is 17.3 Å². The molecule has 1 aromatic carbocycles. The Hall–Kier alpha value is -2.67. The van der Waals surface area contributed by atoms with Crippen molar-refractivity contribution >= 4 is 23.2 Å². The molecule has 7 heteroatoms. The van der Waals surface area contributed by atoms with Crippen LogP contribution in [-0.2, 0) is 4.74 Å². The van der Waals surface area contributed by atoms with E-state index in [1.807, 2.05) is 6.07 Å². The van der Waals surface area contributed by atoms with Gasteiger partial charge in [0.25, 0.3) is 5.91 Å². The van der Waals surface area contributed by atoms with E-state index in [2.05, 4.69) is 53.1 Å². The van der Waals surface area contributed by atoms with Gasteiger partial charge in [-0.3, -0.25) is 4.79 Å². The number of aryl methyl sites for hydroxylation is 1. The molecule has 1 saturated heterocycles. The molecule has 1 aliphatic heterocycles. The Bertz CT molecular complexity index is 768. The van der Waals surface area contributed by atoms with Crippen LogP contribution in [0.1, 0.15) is 29.8 Å². The second-order valence-corrected chi connectivity index (χ2v) is 6.50. The highest BCUT2D eigenvalue weighted by Crippen LogP contribution is 2.24. The number of carbonyl (C=O) groups excluding carboxylic acids is 1. The number of nitrogens with zero attached hydrogens (tertiary/aromatic N) is 4. The molecule has 3 rings (SSSR count). The normalized spacial score (nSPS) is 14.1. The number of anilines is 3. The molecular formula is C20H27N5O2. The fourth-order valence-electron chi connectivity index (χ4n) is 3.15. The maximum Gasteiger partial charge on any atom is 0.257 e. The van der Waals surface area contributed by atoms with Gasteiger partial charge in [0.05, 0.1) is 18.8 Å². The number of morpholine rings is 1. The summed E-state index contributed by atoms with van der Waals surface area (Å²) in [7, 11) is 0. The zero-order chi connectivity index (χ0) is 19.2. The van der Waals surface area contributed by atoms with Gasteiger partial charge in [-0.1, -0.05) is 0 Å². The minimum atomic E-state index is -0.0513. The van der Waals surface area contributed by atoms with Gasteiger partial charge in [-0.05, 0) is 44.5 Å². The van der Waals surface area contributed by atoms with Gasteiger partial charge in [0.1, 0.15) is 0 Å². The molecule has 0 atom stereocenters. The van der Waals surface area contributed by atoms with E-state index in [4.69, 9.17) is 4.74 Å². The van der Waals surface area contributed by atoms with E-state index < -0.39 is 0 Å². The Morgan fingerprint density at radius 1 is 1.19 bits per heavy atom. The lowest BCUT2D eigenvalue weighted by Gasteiger charge is -2.26. The summed E-state index contributed by atoms with van der Waals surface area (Å²) in [5, 5.41) is 3.23. The molecule has 1 aromatic heterocycles. The molecule has 0 saturated carbocycles. The molecule has 1 fully saturated rings. The first-order valence-corrected chi connectivity index (χ1v) is 9.44. The average Bonchev–Trinajstić information content (AvgIpc) is 2.71. The minimum Gasteiger partial charge on any atom is -0.378 e. The Morgan fingerprint density at radius 3 is 2.44 bits per heavy atom. The van der Waals surface area contributed by atoms with Gasteiger partial charge >= 0.3 is 0 Å². The molecule has 1 N–H and O–H groups in total. The smallest absolute Gasteiger partial charge is 0.257 e. The van der Waals surface area contributed by atoms with Crippen LogP contribution in [0.3, 0.4) is 0 Å². The number of benzene rings is 1. The van der Waals surface area contributed by atoms with Gasteiger partial charge in [0, 0.05) is 49.9 Å². The monoisotopic (exact) mass is 369 g/mol. The zero-order valence-corrected chi connectivity index (χ0v) is 16.2. The number of nitrogens with one attached hydrogen (secondary N) is 1. The highest BCUT2D eigenvalue weighted by Gasteiger charge is 2.19. The number of hydrogen-bond donors (Lipinski definition) is 1. The van der Waals surface area contributed by atoms with Gasteiger partial charge < -0.3 is 19.9 Å². The van der Waals surface area contributed by atoms with Crippen LogP contribution in [-0.4, -0.2) is 60.2 Å². The molecule has 2 aromatic rings. The fraction of sp³-hybridized carbons (Fsp3) is 0.450. The molecule has 0 spiro atoms. The maximum absolute atomic E-state index is 12.4. The summed E-state index contributed by atoms with van der Waals surface area (Å²) in [6.45, 7) is 10.7. The van der Waals surface area contributed by atoms with Gasteiger partial charge in [-0.15, -0.1) is 0 Å². The third-order valence-electron chi connectivity index (χ3n) is 4.78. The summed E-state index contributed by atoms with van der Waals surface area (Å²) >= 11 is 0. The fourth-order valence-corrected chi connectivity index (χ4v) is 3.15. The molecule has 7 nitrogen and oxygen atoms in total. The molecule has 1 amide bonds. The third-order valence-corrected chi connectivity index (χ3v) is 4.78. The lowest BCUT2D eigenvalue weighted by atomic mass is 10.1. The summed E-state index contributed by atoms with van der Waals surface area (Å²) in [6, 6.07) is 6.30. The van der Waals surface area contributed by atoms with Crippen molar-refractivity contribution in [3.8, 4) is 0 Å². The van der Waals surface area contributed by atoms with Crippen molar-refractivity contribution in [2.45, 2.75) is 20.8 Å². The van der Waals surface area contributed by atoms with E-state index in [0.29, 0.717) is 37.8 Å². The van der Waals surface area contributed by atoms with Crippen molar-refractivity contribution in [3.05, 3.63) is 41.7 Å². The van der Waals surface area contributed by atoms with Crippen LogP contribution >= 0.6 is 0 Å². The van der Waals surface area contributed by atoms with Crippen LogP contribution in [0.25, 0.3) is 0 Å². The first-order valence-electron chi connectivity index (χ1n) is 9.44. The second kappa shape index (κ2) is 8.81. The molecule has 1 aliphatic rings. The maximum atomic E-state index is 12.4. The highest BCUT2D eigenvalue weighted by molar-refractivity contribution is 5.93. The van der Waals surface area contributed by atoms with E-state index in [-0.39, 0.29) is 5.91 Å². The SMILES string of the molecule is CCN(CC)c1ccc(Nc2ncc(C(=O)N3CCOCC3)cn2)c(C)c1. The largest absolute Gasteiger partial charge is 0.378 e. The zero-order valence-electron chi connectivity index (χ0n) is 16.2. The summed E-state index contributed by atoms with van der Waals surface area (Å²) < 4.78 is 5.28. The molecule has 2 heterocycles. The van der Waals surface area contributed by atoms with Crippen molar-refractivity contribution in [1.82, 2.24) is 14.9 Å². The Balaban J connectivity index is 1.68. The van der Waals surface area contributed by atoms with Gasteiger partial charge in [0.2, 0.25) is 5.95 Å². The van der Waals surface area contributed by atoms with E-state index >= 15 is 0 Å². The summed E-state index contributed by atoms with van der Waals surface area (Å²) in [4.78, 5) is 25.1. The van der Waals surface area contributed by atoms with Crippen LogP contribution < -0.4 is 10.2 Å². The number of hydrogen-bond acceptors (Lipinski definition) is 6. The summed E-state index contributed by atoms with van der Waals surface area (Å²) in [5.74, 6) is 0.428. The second-order valence-electron chi connectivity index (χ2n) is 6.50. The molecule has 0 bridgehead atoms. The molecule has 0 aliphatic carbocycles. The standard InChI is InChI=1S/C20H27N5O2/c1-4-24(5-2)17-6-7-18(15(3)12-17)23-20-21-13-16(14-22-20)19(26)25-8-10-27-11-9-25/h6-7,12-14H,4-5,8-11H2,1-3H3,(H,21,22,23). The average molecular weight is 369 g/mol. The lowest BCUT2D eigenvalue weighted by molar-refractivity contribution is 0.0302. The van der Waals surface area contributed by atoms with E-state index in [1.54, 1.807) is 17.3 Å². The van der Waals surface area contributed by atoms with Crippen molar-refractivity contribution in [3.63, 3.8) is 0 Å². The van der Waals surface area contributed by atoms with Crippen LogP contribution in [0.5, 0.6) is 0 Å². The van der Waals surface area contributed by atoms with Crippen LogP contribution in [0.15, 0.2) is 30.6 Å². The lowest BCUT2D eigenvalue weighted by Crippen LogP contribution is -2.40. The molecular weight excluding hydrogens is 342 g/mol. The highest BCUT2D eigenvalue weighted by atomic mass is 16.5. The Labute approximate surface area is 160 Å². The Morgan fingerprint density at radius 2 is 1.85 bits per heavy atom. The number of rotatable bonds is 6. The molecule has 0 radical (unpaired) electrons. The van der Waals surface area contributed by atoms with Crippen LogP contribution in [0.2, 0.25) is 0 Å². The number of ether oxygens (including phenoxy) is 1. The van der Waals surface area contributed by atoms with Gasteiger partial charge in [0.15, 0.2) is 0 Å². The molecule has 27 heavy (non-hydrogen) atoms. The van der Waals surface area contributed by atoms with Crippen molar-refractivity contribution in [1.29, 1.82) is 0 Å². The summed E-state index contributed by atoms with van der Waals surface area (Å²) in [5.41, 5.74) is 3.78. The number of amides is 1. The molecule has 0 unspecified atom stereocenters. The first kappa shape index (κ1) is 19.1. The van der Waals surface area contributed by atoms with Crippen LogP contribution in [0, 0.1) is 6.92 Å². The summed E-state index contributed by atoms with van der Waals surface area (Å²) in [6.07, 6.45) is 3.15. The number of carbonyl (C=O) groups is 1. The van der Waals surface area contributed by atoms with Crippen molar-refractivity contribution in [2.24, 2.45) is 0 Å². The third kappa shape index (κ3) is 4.54. The topological polar surface area (TPSA) is 70.6 Å². The predicted octanol–water partition coefficient (Wildman–Crippen LogP) is 2.85. The minimum absolute atomic E-state index is 0.0513. The van der Waals surface area contributed by atoms with Crippen molar-refractivity contribution < 1.29 is 9.53 Å². The first-order chi connectivity index (χ1) is 13.1. The van der Waals surface area contributed by atoms with E-state index in [9.17, 15) is 4.79 Å². The Kier molecular flexibility index (Phi) is 6.24. The van der Waals surface area contributed by atoms with E-state index in [1.165, 1.54) is 5.69 Å².